The number of nitrogens with zero attached hydrogens (tertiary/aromatic N) is 1. The second-order valence-corrected chi connectivity index (χ2v) is 8.77. The number of aliphatic hydroxyl groups is 2. The van der Waals surface area contributed by atoms with Gasteiger partial charge in [0.1, 0.15) is 24.2 Å². The SMILES string of the molecule is Cc1cc(C(C)(C)c2ccc(OCCCN(N)/C(=C\N)CO)cc2)ccc1OCC(O)CCl. The Morgan fingerprint density at radius 3 is 2.39 bits per heavy atom. The van der Waals surface area contributed by atoms with Gasteiger partial charge in [-0.3, -0.25) is 0 Å². The summed E-state index contributed by atoms with van der Waals surface area (Å²) in [5, 5.41) is 20.2. The Balaban J connectivity index is 1.96. The summed E-state index contributed by atoms with van der Waals surface area (Å²) in [7, 11) is 0. The van der Waals surface area contributed by atoms with Crippen molar-refractivity contribution in [3.8, 4) is 11.5 Å². The predicted octanol–water partition coefficient (Wildman–Crippen LogP) is 3.04. The van der Waals surface area contributed by atoms with Gasteiger partial charge in [-0.15, -0.1) is 11.6 Å². The van der Waals surface area contributed by atoms with Crippen LogP contribution in [-0.2, 0) is 5.41 Å². The van der Waals surface area contributed by atoms with Gasteiger partial charge in [0.25, 0.3) is 0 Å². The monoisotopic (exact) mass is 477 g/mol. The van der Waals surface area contributed by atoms with Crippen LogP contribution in [0.3, 0.4) is 0 Å². The summed E-state index contributed by atoms with van der Waals surface area (Å²) in [5.41, 5.74) is 9.01. The molecule has 6 N–H and O–H groups in total. The van der Waals surface area contributed by atoms with Crippen molar-refractivity contribution in [2.45, 2.75) is 38.7 Å². The Morgan fingerprint density at radius 1 is 1.15 bits per heavy atom. The van der Waals surface area contributed by atoms with Gasteiger partial charge in [-0.25, -0.2) is 5.84 Å². The lowest BCUT2D eigenvalue weighted by Crippen LogP contribution is -2.34. The maximum atomic E-state index is 9.61. The van der Waals surface area contributed by atoms with E-state index < -0.39 is 6.10 Å². The van der Waals surface area contributed by atoms with Crippen molar-refractivity contribution in [2.24, 2.45) is 11.6 Å². The van der Waals surface area contributed by atoms with Gasteiger partial charge >= 0.3 is 0 Å². The molecule has 2 aromatic rings. The lowest BCUT2D eigenvalue weighted by molar-refractivity contribution is 0.125. The molecular weight excluding hydrogens is 442 g/mol. The second kappa shape index (κ2) is 12.7. The van der Waals surface area contributed by atoms with E-state index in [4.69, 9.17) is 37.8 Å². The van der Waals surface area contributed by atoms with Crippen LogP contribution in [-0.4, -0.2) is 53.6 Å². The molecule has 182 valence electrons. The molecule has 0 spiro atoms. The van der Waals surface area contributed by atoms with E-state index in [1.54, 1.807) is 0 Å². The van der Waals surface area contributed by atoms with Gasteiger partial charge in [-0.05, 0) is 41.8 Å². The molecule has 1 unspecified atom stereocenters. The first kappa shape index (κ1) is 26.8. The number of benzene rings is 2. The van der Waals surface area contributed by atoms with E-state index in [0.29, 0.717) is 25.3 Å². The highest BCUT2D eigenvalue weighted by molar-refractivity contribution is 6.18. The first-order chi connectivity index (χ1) is 15.7. The van der Waals surface area contributed by atoms with Crippen LogP contribution in [0.5, 0.6) is 11.5 Å². The van der Waals surface area contributed by atoms with Gasteiger partial charge in [0.15, 0.2) is 0 Å². The molecule has 1 atom stereocenters. The zero-order chi connectivity index (χ0) is 24.4. The molecule has 0 bridgehead atoms. The zero-order valence-electron chi connectivity index (χ0n) is 19.6. The summed E-state index contributed by atoms with van der Waals surface area (Å²) in [4.78, 5) is 0. The summed E-state index contributed by atoms with van der Waals surface area (Å²) in [6, 6.07) is 14.2. The molecule has 0 aromatic heterocycles. The lowest BCUT2D eigenvalue weighted by Gasteiger charge is -2.27. The van der Waals surface area contributed by atoms with E-state index in [0.717, 1.165) is 28.2 Å². The van der Waals surface area contributed by atoms with Gasteiger partial charge < -0.3 is 30.4 Å². The molecule has 0 aliphatic carbocycles. The molecule has 7 nitrogen and oxygen atoms in total. The third-order valence-electron chi connectivity index (χ3n) is 5.62. The van der Waals surface area contributed by atoms with Gasteiger partial charge in [0.2, 0.25) is 0 Å². The number of hydrogen-bond acceptors (Lipinski definition) is 7. The fraction of sp³-hybridized carbons (Fsp3) is 0.440. The van der Waals surface area contributed by atoms with Crippen molar-refractivity contribution < 1.29 is 19.7 Å². The normalized spacial score (nSPS) is 13.0. The number of alkyl halides is 1. The van der Waals surface area contributed by atoms with Crippen molar-refractivity contribution in [1.82, 2.24) is 5.01 Å². The van der Waals surface area contributed by atoms with Crippen molar-refractivity contribution in [3.05, 3.63) is 71.1 Å². The van der Waals surface area contributed by atoms with Crippen LogP contribution in [0, 0.1) is 6.92 Å². The molecule has 8 heteroatoms. The summed E-state index contributed by atoms with van der Waals surface area (Å²) < 4.78 is 11.5. The first-order valence-corrected chi connectivity index (χ1v) is 11.5. The Bertz CT molecular complexity index is 903. The predicted molar refractivity (Wildman–Crippen MR) is 132 cm³/mol. The van der Waals surface area contributed by atoms with Crippen molar-refractivity contribution in [1.29, 1.82) is 0 Å². The number of ether oxygens (including phenoxy) is 2. The van der Waals surface area contributed by atoms with Crippen LogP contribution >= 0.6 is 11.6 Å². The molecule has 0 aliphatic rings. The van der Waals surface area contributed by atoms with E-state index in [-0.39, 0.29) is 24.5 Å². The van der Waals surface area contributed by atoms with Gasteiger partial charge in [-0.1, -0.05) is 38.1 Å². The molecule has 0 saturated heterocycles. The van der Waals surface area contributed by atoms with Crippen LogP contribution in [0.4, 0.5) is 0 Å². The van der Waals surface area contributed by atoms with Crippen LogP contribution in [0.15, 0.2) is 54.4 Å². The first-order valence-electron chi connectivity index (χ1n) is 11.0. The number of nitrogens with two attached hydrogens (primary N) is 2. The van der Waals surface area contributed by atoms with E-state index in [2.05, 4.69) is 38.1 Å². The standard InChI is InChI=1S/C25H36ClN3O4/c1-18-13-20(7-10-24(18)33-17-22(31)14-26)25(2,3)19-5-8-23(9-6-19)32-12-4-11-29(28)21(15-27)16-30/h5-10,13,15,22,30-31H,4,11-12,14,16-17,27-28H2,1-3H3/b21-15-. The average molecular weight is 478 g/mol. The Labute approximate surface area is 201 Å². The molecule has 0 fully saturated rings. The Kier molecular flexibility index (Phi) is 10.3. The maximum Gasteiger partial charge on any atom is 0.122 e. The van der Waals surface area contributed by atoms with Crippen molar-refractivity contribution in [3.63, 3.8) is 0 Å². The minimum absolute atomic E-state index is 0.144. The second-order valence-electron chi connectivity index (χ2n) is 8.46. The quantitative estimate of drug-likeness (QED) is 0.152. The van der Waals surface area contributed by atoms with E-state index >= 15 is 0 Å². The Morgan fingerprint density at radius 2 is 1.82 bits per heavy atom. The number of rotatable bonds is 13. The summed E-state index contributed by atoms with van der Waals surface area (Å²) >= 11 is 5.63. The van der Waals surface area contributed by atoms with Gasteiger partial charge in [0.05, 0.1) is 24.8 Å². The smallest absolute Gasteiger partial charge is 0.122 e. The highest BCUT2D eigenvalue weighted by atomic mass is 35.5. The van der Waals surface area contributed by atoms with E-state index in [9.17, 15) is 5.11 Å². The zero-order valence-corrected chi connectivity index (χ0v) is 20.4. The van der Waals surface area contributed by atoms with Crippen LogP contribution in [0.2, 0.25) is 0 Å². The van der Waals surface area contributed by atoms with Crippen molar-refractivity contribution >= 4 is 11.6 Å². The number of aryl methyl sites for hydroxylation is 1. The minimum atomic E-state index is -0.682. The molecule has 0 heterocycles. The molecule has 0 aliphatic heterocycles. The van der Waals surface area contributed by atoms with Crippen LogP contribution in [0.25, 0.3) is 0 Å². The van der Waals surface area contributed by atoms with Crippen molar-refractivity contribution in [2.75, 3.05) is 32.2 Å². The number of aliphatic hydroxyl groups excluding tert-OH is 2. The Hall–Kier alpha value is -2.45. The average Bonchev–Trinajstić information content (AvgIpc) is 2.81. The highest BCUT2D eigenvalue weighted by Gasteiger charge is 2.24. The fourth-order valence-corrected chi connectivity index (χ4v) is 3.46. The fourth-order valence-electron chi connectivity index (χ4n) is 3.37. The van der Waals surface area contributed by atoms with Gasteiger partial charge in [-0.2, -0.15) is 0 Å². The summed E-state index contributed by atoms with van der Waals surface area (Å²) in [5.74, 6) is 7.51. The lowest BCUT2D eigenvalue weighted by atomic mass is 9.77. The topological polar surface area (TPSA) is 114 Å². The van der Waals surface area contributed by atoms with E-state index in [1.165, 1.54) is 11.2 Å². The molecule has 0 radical (unpaired) electrons. The molecule has 2 aromatic carbocycles. The number of hydrazine groups is 1. The molecule has 0 saturated carbocycles. The molecule has 33 heavy (non-hydrogen) atoms. The largest absolute Gasteiger partial charge is 0.494 e. The third-order valence-corrected chi connectivity index (χ3v) is 5.97. The molecule has 0 amide bonds. The minimum Gasteiger partial charge on any atom is -0.494 e. The van der Waals surface area contributed by atoms with Gasteiger partial charge in [0, 0.05) is 24.6 Å². The molecular formula is C25H36ClN3O4. The highest BCUT2D eigenvalue weighted by Crippen LogP contribution is 2.34. The van der Waals surface area contributed by atoms with Crippen LogP contribution < -0.4 is 21.1 Å². The summed E-state index contributed by atoms with van der Waals surface area (Å²) in [6.07, 6.45) is 1.31. The summed E-state index contributed by atoms with van der Waals surface area (Å²) in [6.45, 7) is 7.34. The van der Waals surface area contributed by atoms with E-state index in [1.807, 2.05) is 25.1 Å². The molecule has 2 rings (SSSR count). The van der Waals surface area contributed by atoms with Crippen LogP contribution in [0.1, 0.15) is 37.0 Å². The number of halogens is 1. The number of hydrogen-bond donors (Lipinski definition) is 4. The maximum absolute atomic E-state index is 9.61. The third kappa shape index (κ3) is 7.54.